The lowest BCUT2D eigenvalue weighted by Gasteiger charge is -2.29. The number of fused-ring (bicyclic) bond motifs is 1. The molecule has 5 rings (SSSR count). The molecule has 11 heteroatoms. The number of aromatic nitrogens is 6. The van der Waals surface area contributed by atoms with E-state index < -0.39 is 0 Å². The standard InChI is InChI=1S/C24H27N9O2/c1-35-21-13-15(7-10-26-21)19-11-16(22-23(25)29-14-30-33(19)22)12-20(34)31-17-3-5-18(6-4-17)32-24-27-8-2-9-28-24/h2,7-11,13-14,17-18H,3-6,12H2,1H3,(H,31,34)(H2,25,29,30)(H,27,28,32). The van der Waals surface area contributed by atoms with Crippen LogP contribution in [0, 0.1) is 0 Å². The van der Waals surface area contributed by atoms with E-state index in [0.29, 0.717) is 29.2 Å². The fourth-order valence-electron chi connectivity index (χ4n) is 4.56. The average molecular weight is 474 g/mol. The van der Waals surface area contributed by atoms with Crippen molar-refractivity contribution in [2.24, 2.45) is 0 Å². The smallest absolute Gasteiger partial charge is 0.224 e. The van der Waals surface area contributed by atoms with Crippen molar-refractivity contribution < 1.29 is 9.53 Å². The van der Waals surface area contributed by atoms with Crippen LogP contribution in [0.2, 0.25) is 0 Å². The summed E-state index contributed by atoms with van der Waals surface area (Å²) in [5.41, 5.74) is 9.22. The second kappa shape index (κ2) is 9.92. The van der Waals surface area contributed by atoms with Crippen LogP contribution in [0.5, 0.6) is 5.88 Å². The number of anilines is 2. The minimum absolute atomic E-state index is 0.0533. The molecule has 1 fully saturated rings. The molecule has 0 spiro atoms. The maximum absolute atomic E-state index is 13.0. The number of pyridine rings is 1. The van der Waals surface area contributed by atoms with Crippen molar-refractivity contribution in [3.05, 3.63) is 54.7 Å². The molecular weight excluding hydrogens is 446 g/mol. The van der Waals surface area contributed by atoms with Crippen molar-refractivity contribution in [2.45, 2.75) is 44.2 Å². The molecule has 1 saturated carbocycles. The van der Waals surface area contributed by atoms with E-state index in [4.69, 9.17) is 10.5 Å². The first kappa shape index (κ1) is 22.5. The molecule has 0 atom stereocenters. The molecule has 35 heavy (non-hydrogen) atoms. The summed E-state index contributed by atoms with van der Waals surface area (Å²) in [7, 11) is 1.57. The fourth-order valence-corrected chi connectivity index (χ4v) is 4.56. The van der Waals surface area contributed by atoms with E-state index in [2.05, 4.69) is 35.7 Å². The third kappa shape index (κ3) is 4.98. The number of nitrogens with zero attached hydrogens (tertiary/aromatic N) is 6. The van der Waals surface area contributed by atoms with Gasteiger partial charge in [0.25, 0.3) is 0 Å². The summed E-state index contributed by atoms with van der Waals surface area (Å²) in [6.07, 6.45) is 10.3. The monoisotopic (exact) mass is 473 g/mol. The van der Waals surface area contributed by atoms with Crippen molar-refractivity contribution in [1.29, 1.82) is 0 Å². The maximum atomic E-state index is 13.0. The number of ether oxygens (including phenoxy) is 1. The zero-order chi connectivity index (χ0) is 24.2. The van der Waals surface area contributed by atoms with Crippen molar-refractivity contribution in [3.8, 4) is 17.1 Å². The van der Waals surface area contributed by atoms with Crippen LogP contribution < -0.4 is 21.1 Å². The van der Waals surface area contributed by atoms with Gasteiger partial charge in [-0.1, -0.05) is 0 Å². The fraction of sp³-hybridized carbons (Fsp3) is 0.333. The Hall–Kier alpha value is -4.28. The van der Waals surface area contributed by atoms with Gasteiger partial charge in [-0.05, 0) is 49.4 Å². The van der Waals surface area contributed by atoms with Crippen LogP contribution in [0.25, 0.3) is 16.8 Å². The number of hydrogen-bond donors (Lipinski definition) is 3. The molecule has 11 nitrogen and oxygen atoms in total. The van der Waals surface area contributed by atoms with Gasteiger partial charge in [0.05, 0.1) is 19.2 Å². The minimum atomic E-state index is -0.0533. The van der Waals surface area contributed by atoms with Crippen molar-refractivity contribution in [3.63, 3.8) is 0 Å². The molecule has 0 radical (unpaired) electrons. The van der Waals surface area contributed by atoms with Gasteiger partial charge in [0, 0.05) is 42.3 Å². The summed E-state index contributed by atoms with van der Waals surface area (Å²) < 4.78 is 6.97. The maximum Gasteiger partial charge on any atom is 0.224 e. The SMILES string of the molecule is COc1cc(-c2cc(CC(=O)NC3CCC(Nc4ncccn4)CC3)c3c(N)ncnn23)ccn1. The van der Waals surface area contributed by atoms with Gasteiger partial charge in [-0.25, -0.2) is 24.5 Å². The molecule has 4 aromatic heterocycles. The highest BCUT2D eigenvalue weighted by Gasteiger charge is 2.24. The number of carbonyl (C=O) groups excluding carboxylic acids is 1. The predicted octanol–water partition coefficient (Wildman–Crippen LogP) is 2.25. The second-order valence-corrected chi connectivity index (χ2v) is 8.56. The number of hydrogen-bond acceptors (Lipinski definition) is 9. The van der Waals surface area contributed by atoms with Gasteiger partial charge in [-0.2, -0.15) is 5.10 Å². The van der Waals surface area contributed by atoms with Crippen LogP contribution >= 0.6 is 0 Å². The summed E-state index contributed by atoms with van der Waals surface area (Å²) >= 11 is 0. The predicted molar refractivity (Wildman–Crippen MR) is 131 cm³/mol. The summed E-state index contributed by atoms with van der Waals surface area (Å²) in [6.45, 7) is 0. The van der Waals surface area contributed by atoms with Crippen LogP contribution in [-0.2, 0) is 11.2 Å². The van der Waals surface area contributed by atoms with Gasteiger partial charge in [0.2, 0.25) is 17.7 Å². The van der Waals surface area contributed by atoms with Crippen molar-refractivity contribution in [2.75, 3.05) is 18.2 Å². The zero-order valence-electron chi connectivity index (χ0n) is 19.4. The lowest BCUT2D eigenvalue weighted by atomic mass is 9.91. The Balaban J connectivity index is 1.27. The Labute approximate surface area is 202 Å². The van der Waals surface area contributed by atoms with E-state index in [9.17, 15) is 4.79 Å². The summed E-state index contributed by atoms with van der Waals surface area (Å²) in [5.74, 6) is 1.40. The number of nitrogens with two attached hydrogens (primary N) is 1. The zero-order valence-corrected chi connectivity index (χ0v) is 19.4. The van der Waals surface area contributed by atoms with Gasteiger partial charge < -0.3 is 21.1 Å². The topological polar surface area (TPSA) is 145 Å². The molecule has 0 saturated heterocycles. The lowest BCUT2D eigenvalue weighted by Crippen LogP contribution is -2.40. The number of nitrogen functional groups attached to an aromatic ring is 1. The molecule has 0 aromatic carbocycles. The first-order valence-corrected chi connectivity index (χ1v) is 11.5. The third-order valence-corrected chi connectivity index (χ3v) is 6.24. The van der Waals surface area contributed by atoms with Crippen molar-refractivity contribution in [1.82, 2.24) is 34.9 Å². The van der Waals surface area contributed by atoms with Gasteiger partial charge in [0.1, 0.15) is 11.8 Å². The van der Waals surface area contributed by atoms with Crippen LogP contribution in [0.1, 0.15) is 31.2 Å². The number of amides is 1. The van der Waals surface area contributed by atoms with E-state index in [1.165, 1.54) is 6.33 Å². The largest absolute Gasteiger partial charge is 0.481 e. The highest BCUT2D eigenvalue weighted by atomic mass is 16.5. The van der Waals surface area contributed by atoms with E-state index in [-0.39, 0.29) is 18.4 Å². The second-order valence-electron chi connectivity index (χ2n) is 8.56. The van der Waals surface area contributed by atoms with E-state index in [1.54, 1.807) is 36.3 Å². The quantitative estimate of drug-likeness (QED) is 0.368. The highest BCUT2D eigenvalue weighted by Crippen LogP contribution is 2.29. The Bertz CT molecular complexity index is 1320. The van der Waals surface area contributed by atoms with Crippen molar-refractivity contribution >= 4 is 23.2 Å². The lowest BCUT2D eigenvalue weighted by molar-refractivity contribution is -0.121. The highest BCUT2D eigenvalue weighted by molar-refractivity contribution is 5.86. The number of rotatable bonds is 7. The summed E-state index contributed by atoms with van der Waals surface area (Å²) in [6, 6.07) is 7.83. The molecule has 0 bridgehead atoms. The third-order valence-electron chi connectivity index (χ3n) is 6.24. The molecular formula is C24H27N9O2. The molecule has 0 unspecified atom stereocenters. The first-order chi connectivity index (χ1) is 17.1. The number of carbonyl (C=O) groups is 1. The molecule has 180 valence electrons. The van der Waals surface area contributed by atoms with Crippen LogP contribution in [-0.4, -0.2) is 54.7 Å². The number of nitrogens with one attached hydrogen (secondary N) is 2. The molecule has 0 aliphatic heterocycles. The first-order valence-electron chi connectivity index (χ1n) is 11.5. The van der Waals surface area contributed by atoms with Gasteiger partial charge in [0.15, 0.2) is 5.82 Å². The van der Waals surface area contributed by atoms with Crippen LogP contribution in [0.15, 0.2) is 49.2 Å². The Kier molecular flexibility index (Phi) is 6.38. The van der Waals surface area contributed by atoms with Gasteiger partial charge in [-0.3, -0.25) is 4.79 Å². The molecule has 1 aliphatic rings. The van der Waals surface area contributed by atoms with Gasteiger partial charge >= 0.3 is 0 Å². The number of methoxy groups -OCH3 is 1. The van der Waals surface area contributed by atoms with E-state index in [1.807, 2.05) is 18.2 Å². The van der Waals surface area contributed by atoms with Gasteiger partial charge in [-0.15, -0.1) is 0 Å². The molecule has 4 N–H and O–H groups in total. The van der Waals surface area contributed by atoms with E-state index in [0.717, 1.165) is 42.5 Å². The normalized spacial score (nSPS) is 17.7. The Morgan fingerprint density at radius 3 is 2.63 bits per heavy atom. The molecule has 4 heterocycles. The Morgan fingerprint density at radius 1 is 1.09 bits per heavy atom. The molecule has 4 aromatic rings. The summed E-state index contributed by atoms with van der Waals surface area (Å²) in [5, 5.41) is 10.9. The Morgan fingerprint density at radius 2 is 1.86 bits per heavy atom. The minimum Gasteiger partial charge on any atom is -0.481 e. The molecule has 1 aliphatic carbocycles. The average Bonchev–Trinajstić information content (AvgIpc) is 3.25. The molecule has 1 amide bonds. The summed E-state index contributed by atoms with van der Waals surface area (Å²) in [4.78, 5) is 29.7. The van der Waals surface area contributed by atoms with Crippen LogP contribution in [0.3, 0.4) is 0 Å². The van der Waals surface area contributed by atoms with E-state index >= 15 is 0 Å². The van der Waals surface area contributed by atoms with Crippen LogP contribution in [0.4, 0.5) is 11.8 Å².